The largest absolute Gasteiger partial charge is 0.416 e. The molecule has 38 heavy (non-hydrogen) atoms. The van der Waals surface area contributed by atoms with Crippen LogP contribution < -0.4 is 10.2 Å². The van der Waals surface area contributed by atoms with Crippen LogP contribution in [0.15, 0.2) is 66.7 Å². The Balaban J connectivity index is 1.55. The Morgan fingerprint density at radius 1 is 0.868 bits per heavy atom. The molecule has 0 aromatic heterocycles. The maximum atomic E-state index is 13.3. The quantitative estimate of drug-likeness (QED) is 0.354. The number of hydrogen-bond acceptors (Lipinski definition) is 2. The van der Waals surface area contributed by atoms with Crippen molar-refractivity contribution in [2.75, 3.05) is 23.3 Å². The molecule has 1 fully saturated rings. The number of rotatable bonds is 5. The molecule has 0 radical (unpaired) electrons. The highest BCUT2D eigenvalue weighted by molar-refractivity contribution is 6.07. The molecule has 200 valence electrons. The molecule has 1 saturated heterocycles. The third-order valence-electron chi connectivity index (χ3n) is 6.10. The summed E-state index contributed by atoms with van der Waals surface area (Å²) in [6.45, 7) is 2.39. The fourth-order valence-corrected chi connectivity index (χ4v) is 4.21. The summed E-state index contributed by atoms with van der Waals surface area (Å²) in [5, 5.41) is 2.67. The molecular formula is C27H23F6N3O2. The Morgan fingerprint density at radius 2 is 1.55 bits per heavy atom. The molecule has 1 heterocycles. The number of aryl methyl sites for hydroxylation is 1. The predicted molar refractivity (Wildman–Crippen MR) is 130 cm³/mol. The molecule has 0 atom stereocenters. The summed E-state index contributed by atoms with van der Waals surface area (Å²) in [7, 11) is 0. The van der Waals surface area contributed by atoms with Crippen LogP contribution in [-0.4, -0.2) is 29.9 Å². The standard InChI is InChI=1S/C27H23F6N3O2/c1-17-6-11-23(22(14-17)34-24(37)19-7-9-20(10-8-19)26(28,29)30)36-13-3-12-35(25(36)38)16-18-4-2-5-21(15-18)27(31,32)33/h2,4-11,14-15H,3,12-13,16H2,1H3,(H,34,37). The summed E-state index contributed by atoms with van der Waals surface area (Å²) in [6, 6.07) is 13.1. The van der Waals surface area contributed by atoms with Crippen LogP contribution in [0.3, 0.4) is 0 Å². The molecule has 1 aliphatic rings. The topological polar surface area (TPSA) is 52.6 Å². The van der Waals surface area contributed by atoms with Gasteiger partial charge < -0.3 is 10.2 Å². The van der Waals surface area contributed by atoms with Crippen molar-refractivity contribution in [1.29, 1.82) is 0 Å². The van der Waals surface area contributed by atoms with E-state index in [2.05, 4.69) is 5.32 Å². The summed E-state index contributed by atoms with van der Waals surface area (Å²) in [5.74, 6) is -0.657. The van der Waals surface area contributed by atoms with E-state index in [-0.39, 0.29) is 17.8 Å². The number of urea groups is 1. The van der Waals surface area contributed by atoms with Crippen molar-refractivity contribution in [3.05, 3.63) is 94.5 Å². The number of nitrogens with one attached hydrogen (secondary N) is 1. The van der Waals surface area contributed by atoms with Crippen molar-refractivity contribution in [1.82, 2.24) is 4.90 Å². The molecule has 5 nitrogen and oxygen atoms in total. The summed E-state index contributed by atoms with van der Waals surface area (Å²) < 4.78 is 77.9. The van der Waals surface area contributed by atoms with Crippen molar-refractivity contribution < 1.29 is 35.9 Å². The normalized spacial score (nSPS) is 14.6. The van der Waals surface area contributed by atoms with Crippen molar-refractivity contribution in [3.63, 3.8) is 0 Å². The van der Waals surface area contributed by atoms with Gasteiger partial charge in [0.2, 0.25) is 0 Å². The van der Waals surface area contributed by atoms with Gasteiger partial charge in [0.15, 0.2) is 0 Å². The zero-order chi connectivity index (χ0) is 27.7. The fraction of sp³-hybridized carbons (Fsp3) is 0.259. The van der Waals surface area contributed by atoms with Gasteiger partial charge in [-0.15, -0.1) is 0 Å². The number of halogens is 6. The van der Waals surface area contributed by atoms with Crippen LogP contribution in [-0.2, 0) is 18.9 Å². The van der Waals surface area contributed by atoms with Gasteiger partial charge in [0.25, 0.3) is 5.91 Å². The molecule has 3 aromatic rings. The monoisotopic (exact) mass is 535 g/mol. The number of carbonyl (C=O) groups is 2. The number of hydrogen-bond donors (Lipinski definition) is 1. The molecule has 0 spiro atoms. The SMILES string of the molecule is Cc1ccc(N2CCCN(Cc3cccc(C(F)(F)F)c3)C2=O)c(NC(=O)c2ccc(C(F)(F)F)cc2)c1. The lowest BCUT2D eigenvalue weighted by Gasteiger charge is -2.36. The third-order valence-corrected chi connectivity index (χ3v) is 6.10. The average Bonchev–Trinajstić information content (AvgIpc) is 2.85. The lowest BCUT2D eigenvalue weighted by atomic mass is 10.1. The third kappa shape index (κ3) is 6.09. The van der Waals surface area contributed by atoms with Gasteiger partial charge in [-0.3, -0.25) is 9.69 Å². The Hall–Kier alpha value is -4.02. The zero-order valence-corrected chi connectivity index (χ0v) is 20.2. The first-order valence-corrected chi connectivity index (χ1v) is 11.6. The first-order valence-electron chi connectivity index (χ1n) is 11.6. The van der Waals surface area contributed by atoms with E-state index in [9.17, 15) is 35.9 Å². The second-order valence-corrected chi connectivity index (χ2v) is 8.96. The molecular weight excluding hydrogens is 512 g/mol. The van der Waals surface area contributed by atoms with Crippen molar-refractivity contribution in [2.24, 2.45) is 0 Å². The van der Waals surface area contributed by atoms with E-state index in [4.69, 9.17) is 0 Å². The zero-order valence-electron chi connectivity index (χ0n) is 20.2. The minimum atomic E-state index is -4.53. The Morgan fingerprint density at radius 3 is 2.21 bits per heavy atom. The number of carbonyl (C=O) groups excluding carboxylic acids is 2. The maximum absolute atomic E-state index is 13.3. The summed E-state index contributed by atoms with van der Waals surface area (Å²) >= 11 is 0. The minimum absolute atomic E-state index is 0.00148. The summed E-state index contributed by atoms with van der Waals surface area (Å²) in [5.41, 5.74) is 0.0602. The Kier molecular flexibility index (Phi) is 7.39. The fourth-order valence-electron chi connectivity index (χ4n) is 4.21. The van der Waals surface area contributed by atoms with Crippen LogP contribution in [0, 0.1) is 6.92 Å². The lowest BCUT2D eigenvalue weighted by Crippen LogP contribution is -2.49. The van der Waals surface area contributed by atoms with E-state index in [1.807, 2.05) is 0 Å². The molecule has 4 rings (SSSR count). The Labute approximate surface area is 214 Å². The molecule has 3 aromatic carbocycles. The number of alkyl halides is 6. The number of nitrogens with zero attached hydrogens (tertiary/aromatic N) is 2. The summed E-state index contributed by atoms with van der Waals surface area (Å²) in [6.07, 6.45) is -8.51. The summed E-state index contributed by atoms with van der Waals surface area (Å²) in [4.78, 5) is 29.0. The van der Waals surface area contributed by atoms with Gasteiger partial charge in [-0.2, -0.15) is 26.3 Å². The van der Waals surface area contributed by atoms with Gasteiger partial charge in [-0.25, -0.2) is 4.79 Å². The minimum Gasteiger partial charge on any atom is -0.320 e. The first kappa shape index (κ1) is 27.0. The molecule has 3 amide bonds. The second kappa shape index (κ2) is 10.4. The van der Waals surface area contributed by atoms with Gasteiger partial charge in [0.05, 0.1) is 22.5 Å². The lowest BCUT2D eigenvalue weighted by molar-refractivity contribution is -0.138. The van der Waals surface area contributed by atoms with Crippen LogP contribution in [0.4, 0.5) is 42.5 Å². The number of amides is 3. The highest BCUT2D eigenvalue weighted by atomic mass is 19.4. The van der Waals surface area contributed by atoms with Gasteiger partial charge in [-0.05, 0) is 73.0 Å². The highest BCUT2D eigenvalue weighted by Gasteiger charge is 2.33. The number of anilines is 2. The van der Waals surface area contributed by atoms with E-state index in [1.54, 1.807) is 25.1 Å². The molecule has 0 bridgehead atoms. The van der Waals surface area contributed by atoms with Crippen LogP contribution in [0.25, 0.3) is 0 Å². The highest BCUT2D eigenvalue weighted by Crippen LogP contribution is 2.33. The van der Waals surface area contributed by atoms with Crippen LogP contribution in [0.2, 0.25) is 0 Å². The van der Waals surface area contributed by atoms with Crippen molar-refractivity contribution in [2.45, 2.75) is 32.2 Å². The molecule has 0 saturated carbocycles. The van der Waals surface area contributed by atoms with E-state index in [0.29, 0.717) is 30.8 Å². The predicted octanol–water partition coefficient (Wildman–Crippen LogP) is 7.12. The first-order chi connectivity index (χ1) is 17.8. The van der Waals surface area contributed by atoms with Crippen LogP contribution >= 0.6 is 0 Å². The molecule has 0 unspecified atom stereocenters. The maximum Gasteiger partial charge on any atom is 0.416 e. The van der Waals surface area contributed by atoms with E-state index in [1.165, 1.54) is 21.9 Å². The van der Waals surface area contributed by atoms with E-state index >= 15 is 0 Å². The van der Waals surface area contributed by atoms with Gasteiger partial charge in [-0.1, -0.05) is 18.2 Å². The van der Waals surface area contributed by atoms with Crippen LogP contribution in [0.5, 0.6) is 0 Å². The van der Waals surface area contributed by atoms with Gasteiger partial charge in [0, 0.05) is 25.2 Å². The Bertz CT molecular complexity index is 1340. The van der Waals surface area contributed by atoms with E-state index < -0.39 is 35.4 Å². The van der Waals surface area contributed by atoms with Crippen molar-refractivity contribution >= 4 is 23.3 Å². The smallest absolute Gasteiger partial charge is 0.320 e. The van der Waals surface area contributed by atoms with Crippen LogP contribution in [0.1, 0.15) is 39.0 Å². The molecule has 1 N–H and O–H groups in total. The van der Waals surface area contributed by atoms with Gasteiger partial charge >= 0.3 is 18.4 Å². The molecule has 0 aliphatic carbocycles. The second-order valence-electron chi connectivity index (χ2n) is 8.96. The molecule has 1 aliphatic heterocycles. The average molecular weight is 535 g/mol. The molecule has 11 heteroatoms. The number of benzene rings is 3. The van der Waals surface area contributed by atoms with Crippen molar-refractivity contribution in [3.8, 4) is 0 Å². The van der Waals surface area contributed by atoms with E-state index in [0.717, 1.165) is 42.0 Å². The van der Waals surface area contributed by atoms with Gasteiger partial charge in [0.1, 0.15) is 0 Å².